The van der Waals surface area contributed by atoms with E-state index in [-0.39, 0.29) is 6.61 Å². The summed E-state index contributed by atoms with van der Waals surface area (Å²) >= 11 is 0. The van der Waals surface area contributed by atoms with Gasteiger partial charge in [-0.15, -0.1) is 0 Å². The number of benzene rings is 1. The molecule has 5 heteroatoms. The van der Waals surface area contributed by atoms with Crippen LogP contribution in [0.5, 0.6) is 0 Å². The van der Waals surface area contributed by atoms with E-state index in [0.29, 0.717) is 17.7 Å². The van der Waals surface area contributed by atoms with E-state index in [4.69, 9.17) is 9.47 Å². The molecule has 0 aliphatic heterocycles. The average molecular weight is 345 g/mol. The molecule has 0 aliphatic rings. The van der Waals surface area contributed by atoms with Gasteiger partial charge in [0.2, 0.25) is 0 Å². The van der Waals surface area contributed by atoms with Crippen LogP contribution in [-0.4, -0.2) is 29.8 Å². The first-order valence-corrected chi connectivity index (χ1v) is 9.13. The summed E-state index contributed by atoms with van der Waals surface area (Å²) in [5, 5.41) is 0.807. The van der Waals surface area contributed by atoms with Crippen LogP contribution in [-0.2, 0) is 9.47 Å². The van der Waals surface area contributed by atoms with E-state index in [9.17, 15) is 9.59 Å². The molecule has 2 rings (SSSR count). The van der Waals surface area contributed by atoms with Crippen LogP contribution in [0.25, 0.3) is 10.9 Å². The Morgan fingerprint density at radius 2 is 1.72 bits per heavy atom. The summed E-state index contributed by atoms with van der Waals surface area (Å²) in [5.41, 5.74) is 0.926. The van der Waals surface area contributed by atoms with Crippen LogP contribution in [0.4, 0.5) is 4.79 Å². The molecule has 0 N–H and O–H groups in total. The van der Waals surface area contributed by atoms with E-state index in [1.807, 2.05) is 6.07 Å². The predicted octanol–water partition coefficient (Wildman–Crippen LogP) is 5.16. The normalized spacial score (nSPS) is 10.8. The van der Waals surface area contributed by atoms with Gasteiger partial charge >= 0.3 is 12.1 Å². The van der Waals surface area contributed by atoms with Gasteiger partial charge in [0, 0.05) is 11.6 Å². The van der Waals surface area contributed by atoms with Crippen LogP contribution < -0.4 is 0 Å². The van der Waals surface area contributed by atoms with Crippen LogP contribution in [0.1, 0.15) is 62.7 Å². The molecule has 0 spiro atoms. The number of para-hydroxylation sites is 1. The summed E-state index contributed by atoms with van der Waals surface area (Å²) in [6.07, 6.45) is 7.94. The van der Waals surface area contributed by atoms with Crippen LogP contribution in [0, 0.1) is 0 Å². The fourth-order valence-corrected chi connectivity index (χ4v) is 2.83. The lowest BCUT2D eigenvalue weighted by Gasteiger charge is -2.09. The summed E-state index contributed by atoms with van der Waals surface area (Å²) in [4.78, 5) is 24.5. The first-order chi connectivity index (χ1) is 12.2. The Labute approximate surface area is 148 Å². The largest absolute Gasteiger partial charge is 0.462 e. The second kappa shape index (κ2) is 9.87. The van der Waals surface area contributed by atoms with Crippen LogP contribution >= 0.6 is 0 Å². The molecule has 136 valence electrons. The SMILES string of the molecule is CCCCCCCCOC(=O)c1cccc2ccn(C(=O)OCC)c12. The van der Waals surface area contributed by atoms with Gasteiger partial charge in [-0.2, -0.15) is 0 Å². The molecule has 0 saturated heterocycles. The smallest absolute Gasteiger partial charge is 0.418 e. The molecule has 0 radical (unpaired) electrons. The third kappa shape index (κ3) is 5.08. The molecule has 2 aromatic rings. The van der Waals surface area contributed by atoms with E-state index < -0.39 is 12.1 Å². The summed E-state index contributed by atoms with van der Waals surface area (Å²) in [6, 6.07) is 7.12. The number of hydrogen-bond acceptors (Lipinski definition) is 4. The lowest BCUT2D eigenvalue weighted by Crippen LogP contribution is -2.15. The summed E-state index contributed by atoms with van der Waals surface area (Å²) in [6.45, 7) is 4.62. The number of nitrogens with zero attached hydrogens (tertiary/aromatic N) is 1. The number of carbonyl (C=O) groups is 2. The number of hydrogen-bond donors (Lipinski definition) is 0. The molecule has 0 amide bonds. The molecule has 0 aliphatic carbocycles. The van der Waals surface area contributed by atoms with Gasteiger partial charge in [-0.25, -0.2) is 9.59 Å². The van der Waals surface area contributed by atoms with Crippen molar-refractivity contribution in [1.82, 2.24) is 4.57 Å². The molecule has 1 heterocycles. The highest BCUT2D eigenvalue weighted by Gasteiger charge is 2.18. The Kier molecular flexibility index (Phi) is 7.51. The summed E-state index contributed by atoms with van der Waals surface area (Å²) in [7, 11) is 0. The predicted molar refractivity (Wildman–Crippen MR) is 98.0 cm³/mol. The third-order valence-electron chi connectivity index (χ3n) is 4.13. The number of rotatable bonds is 9. The Morgan fingerprint density at radius 1 is 0.960 bits per heavy atom. The third-order valence-corrected chi connectivity index (χ3v) is 4.13. The molecule has 0 atom stereocenters. The van der Waals surface area contributed by atoms with Crippen molar-refractivity contribution in [3.63, 3.8) is 0 Å². The van der Waals surface area contributed by atoms with Gasteiger partial charge in [-0.3, -0.25) is 4.57 Å². The molecule has 0 saturated carbocycles. The van der Waals surface area contributed by atoms with Gasteiger partial charge in [0.1, 0.15) is 0 Å². The zero-order valence-corrected chi connectivity index (χ0v) is 15.1. The maximum Gasteiger partial charge on any atom is 0.418 e. The quantitative estimate of drug-likeness (QED) is 0.465. The number of esters is 1. The van der Waals surface area contributed by atoms with E-state index in [1.165, 1.54) is 30.3 Å². The van der Waals surface area contributed by atoms with E-state index in [0.717, 1.165) is 18.2 Å². The number of fused-ring (bicyclic) bond motifs is 1. The highest BCUT2D eigenvalue weighted by Crippen LogP contribution is 2.22. The van der Waals surface area contributed by atoms with Gasteiger partial charge in [0.15, 0.2) is 0 Å². The second-order valence-corrected chi connectivity index (χ2v) is 6.03. The fourth-order valence-electron chi connectivity index (χ4n) is 2.83. The Morgan fingerprint density at radius 3 is 2.48 bits per heavy atom. The summed E-state index contributed by atoms with van der Waals surface area (Å²) < 4.78 is 11.8. The zero-order valence-electron chi connectivity index (χ0n) is 15.1. The first-order valence-electron chi connectivity index (χ1n) is 9.13. The molecule has 5 nitrogen and oxygen atoms in total. The topological polar surface area (TPSA) is 57.5 Å². The van der Waals surface area contributed by atoms with Crippen molar-refractivity contribution < 1.29 is 19.1 Å². The minimum Gasteiger partial charge on any atom is -0.462 e. The molecule has 1 aromatic heterocycles. The van der Waals surface area contributed by atoms with E-state index in [2.05, 4.69) is 6.92 Å². The minimum absolute atomic E-state index is 0.281. The summed E-state index contributed by atoms with van der Waals surface area (Å²) in [5.74, 6) is -0.400. The van der Waals surface area contributed by atoms with Crippen molar-refractivity contribution in [2.24, 2.45) is 0 Å². The maximum absolute atomic E-state index is 12.4. The van der Waals surface area contributed by atoms with Gasteiger partial charge in [-0.1, -0.05) is 51.2 Å². The van der Waals surface area contributed by atoms with Crippen molar-refractivity contribution in [3.05, 3.63) is 36.0 Å². The highest BCUT2D eigenvalue weighted by molar-refractivity contribution is 6.05. The number of ether oxygens (including phenoxy) is 2. The van der Waals surface area contributed by atoms with Gasteiger partial charge in [0.05, 0.1) is 24.3 Å². The zero-order chi connectivity index (χ0) is 18.1. The van der Waals surface area contributed by atoms with Gasteiger partial charge < -0.3 is 9.47 Å². The fraction of sp³-hybridized carbons (Fsp3) is 0.500. The maximum atomic E-state index is 12.4. The molecule has 25 heavy (non-hydrogen) atoms. The second-order valence-electron chi connectivity index (χ2n) is 6.03. The van der Waals surface area contributed by atoms with E-state index in [1.54, 1.807) is 31.3 Å². The Hall–Kier alpha value is -2.30. The number of aromatic nitrogens is 1. The monoisotopic (exact) mass is 345 g/mol. The lowest BCUT2D eigenvalue weighted by atomic mass is 10.1. The molecule has 0 fully saturated rings. The standard InChI is InChI=1S/C20H27NO4/c1-3-5-6-7-8-9-15-25-19(22)17-12-10-11-16-13-14-21(18(16)17)20(23)24-4-2/h10-14H,3-9,15H2,1-2H3. The molecule has 0 bridgehead atoms. The first kappa shape index (κ1) is 19.0. The number of carbonyl (C=O) groups excluding carboxylic acids is 2. The lowest BCUT2D eigenvalue weighted by molar-refractivity contribution is 0.0499. The van der Waals surface area contributed by atoms with Crippen molar-refractivity contribution >= 4 is 23.0 Å². The highest BCUT2D eigenvalue weighted by atomic mass is 16.5. The van der Waals surface area contributed by atoms with Gasteiger partial charge in [-0.05, 0) is 25.5 Å². The molecular formula is C20H27NO4. The van der Waals surface area contributed by atoms with Crippen LogP contribution in [0.3, 0.4) is 0 Å². The average Bonchev–Trinajstić information content (AvgIpc) is 3.05. The van der Waals surface area contributed by atoms with Crippen molar-refractivity contribution in [2.45, 2.75) is 52.4 Å². The van der Waals surface area contributed by atoms with E-state index >= 15 is 0 Å². The Bertz CT molecular complexity index is 705. The van der Waals surface area contributed by atoms with Crippen molar-refractivity contribution in [2.75, 3.05) is 13.2 Å². The van der Waals surface area contributed by atoms with Crippen LogP contribution in [0.2, 0.25) is 0 Å². The molecule has 1 aromatic carbocycles. The van der Waals surface area contributed by atoms with Crippen molar-refractivity contribution in [3.8, 4) is 0 Å². The Balaban J connectivity index is 2.00. The number of unbranched alkanes of at least 4 members (excludes halogenated alkanes) is 5. The van der Waals surface area contributed by atoms with Crippen molar-refractivity contribution in [1.29, 1.82) is 0 Å². The van der Waals surface area contributed by atoms with Gasteiger partial charge in [0.25, 0.3) is 0 Å². The van der Waals surface area contributed by atoms with Crippen LogP contribution in [0.15, 0.2) is 30.5 Å². The minimum atomic E-state index is -0.492. The molecule has 0 unspecified atom stereocenters. The molecular weight excluding hydrogens is 318 g/mol.